The summed E-state index contributed by atoms with van der Waals surface area (Å²) in [5.74, 6) is -0.277. The molecule has 2 amide bonds. The molecule has 11 heteroatoms. The van der Waals surface area contributed by atoms with E-state index >= 15 is 0 Å². The number of urea groups is 1. The maximum atomic E-state index is 13.4. The van der Waals surface area contributed by atoms with E-state index in [1.54, 1.807) is 11.0 Å². The number of nitrogens with one attached hydrogen (secondary N) is 1. The molecule has 34 heavy (non-hydrogen) atoms. The number of carbonyl (C=O) groups excluding carboxylic acids is 1. The van der Waals surface area contributed by atoms with Gasteiger partial charge >= 0.3 is 18.6 Å². The van der Waals surface area contributed by atoms with Gasteiger partial charge in [0.25, 0.3) is 0 Å². The third-order valence-electron chi connectivity index (χ3n) is 6.33. The Morgan fingerprint density at radius 2 is 2.15 bits per heavy atom. The maximum absolute atomic E-state index is 13.4. The number of aromatic nitrogens is 2. The molecule has 0 aliphatic carbocycles. The standard InChI is InChI=1S/C23H27F2N5O4/c24-22(25)34-19-8-7-18(15-27-19)30(14-12-29(23(30)33)11-9-20(31)32)13-2-4-17-6-5-16-3-1-10-26-21(16)28-17/h5-8,15,22H,1-4,9-14H2,(H-,26,28,31,32)/p+1. The molecule has 1 atom stereocenters. The average Bonchev–Trinajstić information content (AvgIpc) is 3.14. The third kappa shape index (κ3) is 5.24. The molecule has 4 heterocycles. The maximum Gasteiger partial charge on any atom is 0.424 e. The Morgan fingerprint density at radius 1 is 1.29 bits per heavy atom. The fourth-order valence-corrected chi connectivity index (χ4v) is 4.59. The first kappa shape index (κ1) is 23.8. The van der Waals surface area contributed by atoms with Gasteiger partial charge < -0.3 is 15.2 Å². The predicted octanol–water partition coefficient (Wildman–Crippen LogP) is 3.29. The first-order valence-corrected chi connectivity index (χ1v) is 11.4. The summed E-state index contributed by atoms with van der Waals surface area (Å²) in [6.45, 7) is -0.670. The van der Waals surface area contributed by atoms with Crippen LogP contribution >= 0.6 is 0 Å². The van der Waals surface area contributed by atoms with E-state index in [4.69, 9.17) is 10.1 Å². The number of quaternary nitrogens is 1. The molecular formula is C23H28F2N5O4+. The number of amides is 2. The van der Waals surface area contributed by atoms with Gasteiger partial charge in [-0.15, -0.1) is 0 Å². The first-order valence-electron chi connectivity index (χ1n) is 11.4. The molecule has 0 bridgehead atoms. The SMILES string of the molecule is O=C(O)CCN1CC[N+](CCCc2ccc3c(n2)NCCC3)(c2ccc(OC(F)F)nc2)C1=O. The number of fused-ring (bicyclic) bond motifs is 1. The molecule has 182 valence electrons. The van der Waals surface area contributed by atoms with Gasteiger partial charge in [-0.1, -0.05) is 6.07 Å². The number of anilines is 1. The normalized spacial score (nSPS) is 19.7. The zero-order chi connectivity index (χ0) is 24.1. The van der Waals surface area contributed by atoms with E-state index in [0.29, 0.717) is 38.2 Å². The average molecular weight is 477 g/mol. The summed E-state index contributed by atoms with van der Waals surface area (Å²) in [6, 6.07) is 6.79. The molecular weight excluding hydrogens is 448 g/mol. The number of carboxylic acid groups (broad SMARTS) is 1. The lowest BCUT2D eigenvalue weighted by molar-refractivity contribution is -0.137. The summed E-state index contributed by atoms with van der Waals surface area (Å²) >= 11 is 0. The number of aliphatic carboxylic acids is 1. The van der Waals surface area contributed by atoms with Crippen molar-refractivity contribution in [2.24, 2.45) is 0 Å². The van der Waals surface area contributed by atoms with E-state index in [1.165, 1.54) is 17.8 Å². The Bertz CT molecular complexity index is 1040. The van der Waals surface area contributed by atoms with Crippen molar-refractivity contribution < 1.29 is 28.2 Å². The van der Waals surface area contributed by atoms with Gasteiger partial charge in [0.05, 0.1) is 25.7 Å². The second-order valence-corrected chi connectivity index (χ2v) is 8.51. The molecule has 1 saturated heterocycles. The molecule has 2 aliphatic rings. The minimum Gasteiger partial charge on any atom is -0.481 e. The molecule has 4 rings (SSSR count). The summed E-state index contributed by atoms with van der Waals surface area (Å²) < 4.78 is 29.3. The highest BCUT2D eigenvalue weighted by Crippen LogP contribution is 2.31. The molecule has 0 aromatic carbocycles. The van der Waals surface area contributed by atoms with Gasteiger partial charge in [-0.2, -0.15) is 8.78 Å². The van der Waals surface area contributed by atoms with Crippen LogP contribution in [0.1, 0.15) is 30.5 Å². The van der Waals surface area contributed by atoms with E-state index in [2.05, 4.69) is 21.1 Å². The van der Waals surface area contributed by atoms with Crippen LogP contribution in [0.2, 0.25) is 0 Å². The molecule has 2 aliphatic heterocycles. The Labute approximate surface area is 196 Å². The number of nitrogens with zero attached hydrogens (tertiary/aromatic N) is 4. The number of hydrogen-bond acceptors (Lipinski definition) is 6. The molecule has 2 aromatic rings. The highest BCUT2D eigenvalue weighted by atomic mass is 19.3. The van der Waals surface area contributed by atoms with Crippen LogP contribution in [0, 0.1) is 0 Å². The number of carbonyl (C=O) groups is 2. The van der Waals surface area contributed by atoms with Gasteiger partial charge in [0.2, 0.25) is 5.88 Å². The fourth-order valence-electron chi connectivity index (χ4n) is 4.59. The summed E-state index contributed by atoms with van der Waals surface area (Å²) in [5, 5.41) is 12.3. The molecule has 0 saturated carbocycles. The van der Waals surface area contributed by atoms with Gasteiger partial charge in [0, 0.05) is 37.3 Å². The molecule has 0 spiro atoms. The van der Waals surface area contributed by atoms with Crippen LogP contribution in [-0.2, 0) is 17.6 Å². The third-order valence-corrected chi connectivity index (χ3v) is 6.33. The zero-order valence-electron chi connectivity index (χ0n) is 18.8. The van der Waals surface area contributed by atoms with Crippen LogP contribution in [0.4, 0.5) is 25.1 Å². The van der Waals surface area contributed by atoms with Gasteiger partial charge in [0.1, 0.15) is 12.4 Å². The minimum absolute atomic E-state index is 0.0508. The highest BCUT2D eigenvalue weighted by Gasteiger charge is 2.48. The summed E-state index contributed by atoms with van der Waals surface area (Å²) in [6.07, 6.45) is 4.66. The van der Waals surface area contributed by atoms with Crippen LogP contribution in [0.5, 0.6) is 5.88 Å². The highest BCUT2D eigenvalue weighted by molar-refractivity contribution is 5.89. The van der Waals surface area contributed by atoms with E-state index in [-0.39, 0.29) is 29.4 Å². The number of carboxylic acids is 1. The lowest BCUT2D eigenvalue weighted by Gasteiger charge is -2.30. The van der Waals surface area contributed by atoms with Crippen molar-refractivity contribution >= 4 is 23.5 Å². The van der Waals surface area contributed by atoms with Crippen molar-refractivity contribution in [2.45, 2.75) is 38.7 Å². The van der Waals surface area contributed by atoms with Crippen molar-refractivity contribution in [3.05, 3.63) is 41.7 Å². The zero-order valence-corrected chi connectivity index (χ0v) is 18.8. The minimum atomic E-state index is -2.99. The molecule has 9 nitrogen and oxygen atoms in total. The monoisotopic (exact) mass is 476 g/mol. The van der Waals surface area contributed by atoms with Crippen LogP contribution < -0.4 is 14.5 Å². The number of aryl methyl sites for hydroxylation is 2. The van der Waals surface area contributed by atoms with Crippen molar-refractivity contribution in [3.8, 4) is 5.88 Å². The van der Waals surface area contributed by atoms with Gasteiger partial charge in [-0.25, -0.2) is 19.2 Å². The Hall–Kier alpha value is -3.34. The van der Waals surface area contributed by atoms with Crippen LogP contribution in [0.15, 0.2) is 30.5 Å². The number of rotatable bonds is 10. The van der Waals surface area contributed by atoms with Gasteiger partial charge in [0.15, 0.2) is 5.69 Å². The van der Waals surface area contributed by atoms with Crippen LogP contribution in [0.3, 0.4) is 0 Å². The molecule has 2 aromatic heterocycles. The van der Waals surface area contributed by atoms with E-state index in [1.807, 2.05) is 6.07 Å². The Balaban J connectivity index is 1.51. The number of ether oxygens (including phenoxy) is 1. The smallest absolute Gasteiger partial charge is 0.424 e. The Morgan fingerprint density at radius 3 is 2.88 bits per heavy atom. The summed E-state index contributed by atoms with van der Waals surface area (Å²) in [7, 11) is 0. The van der Waals surface area contributed by atoms with Crippen LogP contribution in [-0.4, -0.2) is 71.3 Å². The van der Waals surface area contributed by atoms with E-state index < -0.39 is 12.6 Å². The number of hydrogen-bond donors (Lipinski definition) is 2. The van der Waals surface area contributed by atoms with E-state index in [0.717, 1.165) is 30.9 Å². The van der Waals surface area contributed by atoms with Crippen molar-refractivity contribution in [1.82, 2.24) is 19.4 Å². The number of alkyl halides is 2. The van der Waals surface area contributed by atoms with Crippen molar-refractivity contribution in [2.75, 3.05) is 38.0 Å². The second-order valence-electron chi connectivity index (χ2n) is 8.51. The number of halogens is 2. The largest absolute Gasteiger partial charge is 0.481 e. The lowest BCUT2D eigenvalue weighted by Crippen LogP contribution is -2.53. The van der Waals surface area contributed by atoms with E-state index in [9.17, 15) is 18.4 Å². The second kappa shape index (κ2) is 10.3. The number of pyridine rings is 2. The predicted molar refractivity (Wildman–Crippen MR) is 121 cm³/mol. The topological polar surface area (TPSA) is 105 Å². The van der Waals surface area contributed by atoms with Gasteiger partial charge in [-0.3, -0.25) is 9.69 Å². The van der Waals surface area contributed by atoms with Gasteiger partial charge in [-0.05, 0) is 30.9 Å². The van der Waals surface area contributed by atoms with Crippen LogP contribution in [0.25, 0.3) is 0 Å². The first-order chi connectivity index (χ1) is 16.4. The van der Waals surface area contributed by atoms with Crippen molar-refractivity contribution in [3.63, 3.8) is 0 Å². The fraction of sp³-hybridized carbons (Fsp3) is 0.478. The molecule has 1 fully saturated rings. The molecule has 0 radical (unpaired) electrons. The quantitative estimate of drug-likeness (QED) is 0.507. The summed E-state index contributed by atoms with van der Waals surface area (Å²) in [5.41, 5.74) is 2.70. The summed E-state index contributed by atoms with van der Waals surface area (Å²) in [4.78, 5) is 34.7. The van der Waals surface area contributed by atoms with Crippen molar-refractivity contribution in [1.29, 1.82) is 0 Å². The lowest BCUT2D eigenvalue weighted by atomic mass is 10.1. The Kier molecular flexibility index (Phi) is 7.20. The molecule has 1 unspecified atom stereocenters. The molecule has 2 N–H and O–H groups in total.